The summed E-state index contributed by atoms with van der Waals surface area (Å²) < 4.78 is 13.8. The number of benzene rings is 2. The number of carbonyl (C=O) groups is 1. The first-order valence-electron chi connectivity index (χ1n) is 6.29. The molecule has 4 heteroatoms. The molecule has 0 spiro atoms. The lowest BCUT2D eigenvalue weighted by Gasteiger charge is -2.13. The number of para-hydroxylation sites is 1. The number of carbonyl (C=O) groups excluding carboxylic acids is 1. The Hall–Kier alpha value is -1.87. The Bertz CT molecular complexity index is 640. The van der Waals surface area contributed by atoms with Gasteiger partial charge in [-0.3, -0.25) is 4.79 Å². The van der Waals surface area contributed by atoms with Gasteiger partial charge in [-0.1, -0.05) is 24.3 Å². The van der Waals surface area contributed by atoms with Crippen LogP contribution in [0.3, 0.4) is 0 Å². The van der Waals surface area contributed by atoms with Gasteiger partial charge in [0.25, 0.3) is 5.91 Å². The van der Waals surface area contributed by atoms with Gasteiger partial charge in [0.2, 0.25) is 0 Å². The quantitative estimate of drug-likeness (QED) is 0.817. The van der Waals surface area contributed by atoms with E-state index in [-0.39, 0.29) is 10.9 Å². The van der Waals surface area contributed by atoms with Crippen LogP contribution in [0, 0.1) is 12.7 Å². The van der Waals surface area contributed by atoms with E-state index in [1.807, 2.05) is 19.1 Å². The van der Waals surface area contributed by atoms with Crippen molar-refractivity contribution in [1.82, 2.24) is 0 Å². The van der Waals surface area contributed by atoms with Gasteiger partial charge >= 0.3 is 0 Å². The minimum absolute atomic E-state index is 0.0210. The standard InChI is InChI=1S/C16H15ClFNO/c1-10-7-8-13(14(18)9-10)16(20)19-15-6-4-3-5-12(15)11(2)17/h3-9,11H,1-2H3,(H,19,20). The van der Waals surface area contributed by atoms with Gasteiger partial charge in [-0.15, -0.1) is 11.6 Å². The first kappa shape index (κ1) is 14.5. The highest BCUT2D eigenvalue weighted by Gasteiger charge is 2.14. The number of amides is 1. The van der Waals surface area contributed by atoms with E-state index in [0.29, 0.717) is 5.69 Å². The number of anilines is 1. The van der Waals surface area contributed by atoms with Crippen molar-refractivity contribution in [2.24, 2.45) is 0 Å². The molecule has 2 aromatic rings. The number of rotatable bonds is 3. The van der Waals surface area contributed by atoms with Crippen molar-refractivity contribution in [2.45, 2.75) is 19.2 Å². The molecule has 2 nitrogen and oxygen atoms in total. The lowest BCUT2D eigenvalue weighted by molar-refractivity contribution is 0.102. The summed E-state index contributed by atoms with van der Waals surface area (Å²) in [4.78, 5) is 12.1. The van der Waals surface area contributed by atoms with Crippen molar-refractivity contribution in [3.05, 3.63) is 65.0 Å². The molecular formula is C16H15ClFNO. The fraction of sp³-hybridized carbons (Fsp3) is 0.188. The molecule has 1 unspecified atom stereocenters. The third kappa shape index (κ3) is 3.17. The van der Waals surface area contributed by atoms with Gasteiger partial charge in [-0.25, -0.2) is 4.39 Å². The lowest BCUT2D eigenvalue weighted by atomic mass is 10.1. The average Bonchev–Trinajstić information content (AvgIpc) is 2.38. The van der Waals surface area contributed by atoms with Crippen molar-refractivity contribution in [2.75, 3.05) is 5.32 Å². The molecular weight excluding hydrogens is 277 g/mol. The Morgan fingerprint density at radius 3 is 2.60 bits per heavy atom. The van der Waals surface area contributed by atoms with Crippen molar-refractivity contribution in [1.29, 1.82) is 0 Å². The minimum Gasteiger partial charge on any atom is -0.322 e. The number of hydrogen-bond acceptors (Lipinski definition) is 1. The lowest BCUT2D eigenvalue weighted by Crippen LogP contribution is -2.15. The summed E-state index contributed by atoms with van der Waals surface area (Å²) in [5.74, 6) is -1.01. The molecule has 0 saturated heterocycles. The topological polar surface area (TPSA) is 29.1 Å². The molecule has 0 aliphatic heterocycles. The van der Waals surface area contributed by atoms with Gasteiger partial charge in [-0.05, 0) is 43.2 Å². The second kappa shape index (κ2) is 6.06. The number of hydrogen-bond donors (Lipinski definition) is 1. The van der Waals surface area contributed by atoms with E-state index in [1.54, 1.807) is 25.1 Å². The van der Waals surface area contributed by atoms with Gasteiger partial charge in [0.1, 0.15) is 5.82 Å². The maximum Gasteiger partial charge on any atom is 0.258 e. The summed E-state index contributed by atoms with van der Waals surface area (Å²) in [6.45, 7) is 3.59. The van der Waals surface area contributed by atoms with Crippen molar-refractivity contribution >= 4 is 23.2 Å². The molecule has 0 aromatic heterocycles. The van der Waals surface area contributed by atoms with Crippen LogP contribution in [-0.2, 0) is 0 Å². The summed E-state index contributed by atoms with van der Waals surface area (Å²) in [7, 11) is 0. The summed E-state index contributed by atoms with van der Waals surface area (Å²) in [5, 5.41) is 2.46. The van der Waals surface area contributed by atoms with Crippen LogP contribution in [-0.4, -0.2) is 5.91 Å². The molecule has 1 amide bonds. The summed E-state index contributed by atoms with van der Waals surface area (Å²) in [6.07, 6.45) is 0. The first-order valence-corrected chi connectivity index (χ1v) is 6.73. The van der Waals surface area contributed by atoms with Gasteiger partial charge < -0.3 is 5.32 Å². The zero-order chi connectivity index (χ0) is 14.7. The third-order valence-corrected chi connectivity index (χ3v) is 3.24. The molecule has 2 aromatic carbocycles. The molecule has 0 radical (unpaired) electrons. The largest absolute Gasteiger partial charge is 0.322 e. The van der Waals surface area contributed by atoms with Crippen LogP contribution in [0.4, 0.5) is 10.1 Å². The predicted molar refractivity (Wildman–Crippen MR) is 79.8 cm³/mol. The van der Waals surface area contributed by atoms with Crippen LogP contribution >= 0.6 is 11.6 Å². The fourth-order valence-electron chi connectivity index (χ4n) is 1.95. The van der Waals surface area contributed by atoms with Crippen molar-refractivity contribution in [3.63, 3.8) is 0 Å². The van der Waals surface area contributed by atoms with Gasteiger partial charge in [0.15, 0.2) is 0 Å². The molecule has 0 aliphatic rings. The average molecular weight is 292 g/mol. The summed E-state index contributed by atoms with van der Waals surface area (Å²) in [6, 6.07) is 11.7. The third-order valence-electron chi connectivity index (χ3n) is 3.01. The highest BCUT2D eigenvalue weighted by Crippen LogP contribution is 2.27. The molecule has 0 bridgehead atoms. The van der Waals surface area contributed by atoms with Crippen LogP contribution in [0.5, 0.6) is 0 Å². The molecule has 2 rings (SSSR count). The summed E-state index contributed by atoms with van der Waals surface area (Å²) in [5.41, 5.74) is 2.19. The highest BCUT2D eigenvalue weighted by atomic mass is 35.5. The van der Waals surface area contributed by atoms with E-state index in [9.17, 15) is 9.18 Å². The van der Waals surface area contributed by atoms with Crippen LogP contribution in [0.15, 0.2) is 42.5 Å². The summed E-state index contributed by atoms with van der Waals surface area (Å²) >= 11 is 6.06. The minimum atomic E-state index is -0.529. The van der Waals surface area contributed by atoms with Gasteiger partial charge in [0, 0.05) is 5.69 Å². The van der Waals surface area contributed by atoms with E-state index in [0.717, 1.165) is 11.1 Å². The Morgan fingerprint density at radius 1 is 1.25 bits per heavy atom. The number of alkyl halides is 1. The van der Waals surface area contributed by atoms with Crippen LogP contribution in [0.1, 0.15) is 33.8 Å². The van der Waals surface area contributed by atoms with E-state index in [1.165, 1.54) is 12.1 Å². The van der Waals surface area contributed by atoms with Gasteiger partial charge in [-0.2, -0.15) is 0 Å². The maximum atomic E-state index is 13.8. The molecule has 0 fully saturated rings. The fourth-order valence-corrected chi connectivity index (χ4v) is 2.14. The van der Waals surface area contributed by atoms with E-state index >= 15 is 0 Å². The normalized spacial score (nSPS) is 12.0. The van der Waals surface area contributed by atoms with Crippen LogP contribution in [0.25, 0.3) is 0 Å². The Kier molecular flexibility index (Phi) is 4.40. The zero-order valence-electron chi connectivity index (χ0n) is 11.3. The smallest absolute Gasteiger partial charge is 0.258 e. The van der Waals surface area contributed by atoms with Crippen molar-refractivity contribution < 1.29 is 9.18 Å². The molecule has 20 heavy (non-hydrogen) atoms. The second-order valence-electron chi connectivity index (χ2n) is 4.64. The van der Waals surface area contributed by atoms with Crippen LogP contribution < -0.4 is 5.32 Å². The monoisotopic (exact) mass is 291 g/mol. The predicted octanol–water partition coefficient (Wildman–Crippen LogP) is 4.69. The van der Waals surface area contributed by atoms with E-state index in [4.69, 9.17) is 11.6 Å². The number of nitrogens with one attached hydrogen (secondary N) is 1. The Morgan fingerprint density at radius 2 is 1.95 bits per heavy atom. The second-order valence-corrected chi connectivity index (χ2v) is 5.30. The Labute approximate surface area is 122 Å². The molecule has 1 N–H and O–H groups in total. The number of aryl methyl sites for hydroxylation is 1. The van der Waals surface area contributed by atoms with Gasteiger partial charge in [0.05, 0.1) is 10.9 Å². The van der Waals surface area contributed by atoms with E-state index < -0.39 is 11.7 Å². The van der Waals surface area contributed by atoms with E-state index in [2.05, 4.69) is 5.32 Å². The highest BCUT2D eigenvalue weighted by molar-refractivity contribution is 6.21. The molecule has 0 aliphatic carbocycles. The van der Waals surface area contributed by atoms with Crippen LogP contribution in [0.2, 0.25) is 0 Å². The zero-order valence-corrected chi connectivity index (χ0v) is 12.0. The first-order chi connectivity index (χ1) is 9.49. The Balaban J connectivity index is 2.28. The van der Waals surface area contributed by atoms with Crippen molar-refractivity contribution in [3.8, 4) is 0 Å². The maximum absolute atomic E-state index is 13.8. The molecule has 0 saturated carbocycles. The SMILES string of the molecule is Cc1ccc(C(=O)Nc2ccccc2C(C)Cl)c(F)c1. The number of halogens is 2. The molecule has 1 atom stereocenters. The molecule has 0 heterocycles. The molecule has 104 valence electrons.